The molecule has 0 spiro atoms. The molecule has 0 unspecified atom stereocenters. The van der Waals surface area contributed by atoms with E-state index in [4.69, 9.17) is 9.47 Å². The number of rotatable bonds is 7. The van der Waals surface area contributed by atoms with Gasteiger partial charge in [-0.1, -0.05) is 54.1 Å². The van der Waals surface area contributed by atoms with E-state index < -0.39 is 17.7 Å². The van der Waals surface area contributed by atoms with E-state index in [0.717, 1.165) is 22.0 Å². The summed E-state index contributed by atoms with van der Waals surface area (Å²) in [6.07, 6.45) is 2.46. The Labute approximate surface area is 214 Å². The van der Waals surface area contributed by atoms with E-state index in [1.165, 1.54) is 12.0 Å². The zero-order valence-electron chi connectivity index (χ0n) is 20.9. The number of amides is 1. The summed E-state index contributed by atoms with van der Waals surface area (Å²) in [7, 11) is 3.07. The molecule has 0 aliphatic carbocycles. The summed E-state index contributed by atoms with van der Waals surface area (Å²) in [5.41, 5.74) is 4.25. The van der Waals surface area contributed by atoms with Gasteiger partial charge in [0.2, 0.25) is 0 Å². The maximum atomic E-state index is 13.4. The molecular formula is C30H28N2O5. The molecule has 7 heteroatoms. The Morgan fingerprint density at radius 1 is 0.973 bits per heavy atom. The summed E-state index contributed by atoms with van der Waals surface area (Å²) in [6, 6.07) is 19.6. The SMILES string of the molecule is COc1ccc([C@H]2C(=C(O)c3ccc(C)cc3)C(=O)C(=O)N2CCc2c[nH]c3ccccc23)cc1OC. The van der Waals surface area contributed by atoms with Gasteiger partial charge in [-0.2, -0.15) is 0 Å². The quantitative estimate of drug-likeness (QED) is 0.210. The van der Waals surface area contributed by atoms with E-state index in [9.17, 15) is 14.7 Å². The third-order valence-corrected chi connectivity index (χ3v) is 6.89. The van der Waals surface area contributed by atoms with Crippen LogP contribution in [0.15, 0.2) is 78.5 Å². The summed E-state index contributed by atoms with van der Waals surface area (Å²) >= 11 is 0. The number of para-hydroxylation sites is 1. The molecule has 7 nitrogen and oxygen atoms in total. The van der Waals surface area contributed by atoms with Crippen molar-refractivity contribution in [2.75, 3.05) is 20.8 Å². The second-order valence-electron chi connectivity index (χ2n) is 9.08. The van der Waals surface area contributed by atoms with Crippen LogP contribution in [0.3, 0.4) is 0 Å². The molecule has 188 valence electrons. The van der Waals surface area contributed by atoms with Crippen LogP contribution in [0, 0.1) is 6.92 Å². The van der Waals surface area contributed by atoms with E-state index in [1.807, 2.05) is 49.5 Å². The number of methoxy groups -OCH3 is 2. The Hall–Kier alpha value is -4.52. The largest absolute Gasteiger partial charge is 0.507 e. The average molecular weight is 497 g/mol. The number of carbonyl (C=O) groups excluding carboxylic acids is 2. The first-order chi connectivity index (χ1) is 17.9. The molecule has 1 amide bonds. The zero-order valence-corrected chi connectivity index (χ0v) is 20.9. The minimum absolute atomic E-state index is 0.0556. The number of Topliss-reactive ketones (excluding diaryl/α,β-unsaturated/α-hetero) is 1. The lowest BCUT2D eigenvalue weighted by Gasteiger charge is -2.26. The summed E-state index contributed by atoms with van der Waals surface area (Å²) in [6.45, 7) is 2.23. The lowest BCUT2D eigenvalue weighted by Crippen LogP contribution is -2.31. The van der Waals surface area contributed by atoms with E-state index in [2.05, 4.69) is 4.98 Å². The van der Waals surface area contributed by atoms with Gasteiger partial charge < -0.3 is 24.5 Å². The van der Waals surface area contributed by atoms with Gasteiger partial charge >= 0.3 is 0 Å². The fourth-order valence-electron chi connectivity index (χ4n) is 4.93. The number of aliphatic hydroxyl groups excluding tert-OH is 1. The van der Waals surface area contributed by atoms with Gasteiger partial charge in [0.05, 0.1) is 25.8 Å². The average Bonchev–Trinajstić information content (AvgIpc) is 3.45. The predicted molar refractivity (Wildman–Crippen MR) is 142 cm³/mol. The minimum Gasteiger partial charge on any atom is -0.507 e. The number of aryl methyl sites for hydroxylation is 1. The fraction of sp³-hybridized carbons (Fsp3) is 0.200. The first-order valence-corrected chi connectivity index (χ1v) is 12.0. The first kappa shape index (κ1) is 24.2. The first-order valence-electron chi connectivity index (χ1n) is 12.0. The Balaban J connectivity index is 1.60. The second kappa shape index (κ2) is 9.85. The van der Waals surface area contributed by atoms with Gasteiger partial charge in [0, 0.05) is 29.2 Å². The van der Waals surface area contributed by atoms with Crippen molar-refractivity contribution < 1.29 is 24.2 Å². The molecule has 0 saturated carbocycles. The number of carbonyl (C=O) groups is 2. The molecule has 1 aromatic heterocycles. The van der Waals surface area contributed by atoms with Crippen molar-refractivity contribution in [1.82, 2.24) is 9.88 Å². The molecule has 5 rings (SSSR count). The molecule has 1 atom stereocenters. The maximum Gasteiger partial charge on any atom is 0.295 e. The van der Waals surface area contributed by atoms with Gasteiger partial charge in [-0.15, -0.1) is 0 Å². The Kier molecular flexibility index (Phi) is 6.44. The number of fused-ring (bicyclic) bond motifs is 1. The van der Waals surface area contributed by atoms with Crippen LogP contribution < -0.4 is 9.47 Å². The van der Waals surface area contributed by atoms with Crippen LogP contribution in [0.2, 0.25) is 0 Å². The molecular weight excluding hydrogens is 468 g/mol. The molecule has 4 aromatic rings. The third kappa shape index (κ3) is 4.33. The standard InChI is InChI=1S/C30H28N2O5/c1-18-8-10-19(11-9-18)28(33)26-27(20-12-13-24(36-2)25(16-20)37-3)32(30(35)29(26)34)15-14-21-17-31-23-7-5-4-6-22(21)23/h4-13,16-17,27,31,33H,14-15H2,1-3H3/t27-/m0/s1. The summed E-state index contributed by atoms with van der Waals surface area (Å²) in [5.74, 6) is -0.559. The highest BCUT2D eigenvalue weighted by Gasteiger charge is 2.46. The number of benzene rings is 3. The highest BCUT2D eigenvalue weighted by Crippen LogP contribution is 2.42. The van der Waals surface area contributed by atoms with Crippen molar-refractivity contribution in [2.24, 2.45) is 0 Å². The molecule has 37 heavy (non-hydrogen) atoms. The number of hydrogen-bond donors (Lipinski definition) is 2. The number of nitrogens with zero attached hydrogens (tertiary/aromatic N) is 1. The molecule has 0 radical (unpaired) electrons. The molecule has 0 bridgehead atoms. The fourth-order valence-corrected chi connectivity index (χ4v) is 4.93. The van der Waals surface area contributed by atoms with Crippen LogP contribution in [0.4, 0.5) is 0 Å². The number of ketones is 1. The lowest BCUT2D eigenvalue weighted by atomic mass is 9.94. The number of hydrogen-bond acceptors (Lipinski definition) is 5. The lowest BCUT2D eigenvalue weighted by molar-refractivity contribution is -0.139. The third-order valence-electron chi connectivity index (χ3n) is 6.89. The van der Waals surface area contributed by atoms with E-state index >= 15 is 0 Å². The van der Waals surface area contributed by atoms with Crippen LogP contribution in [-0.4, -0.2) is 47.4 Å². The number of H-pyrrole nitrogens is 1. The highest BCUT2D eigenvalue weighted by atomic mass is 16.5. The molecule has 1 saturated heterocycles. The minimum atomic E-state index is -0.786. The van der Waals surface area contributed by atoms with Crippen LogP contribution >= 0.6 is 0 Å². The van der Waals surface area contributed by atoms with Crippen molar-refractivity contribution in [1.29, 1.82) is 0 Å². The number of likely N-dealkylation sites (tertiary alicyclic amines) is 1. The van der Waals surface area contributed by atoms with Gasteiger partial charge in [0.25, 0.3) is 11.7 Å². The summed E-state index contributed by atoms with van der Waals surface area (Å²) in [4.78, 5) is 31.5. The van der Waals surface area contributed by atoms with Crippen LogP contribution in [-0.2, 0) is 16.0 Å². The van der Waals surface area contributed by atoms with Crippen molar-refractivity contribution in [3.8, 4) is 11.5 Å². The molecule has 1 fully saturated rings. The van der Waals surface area contributed by atoms with Crippen LogP contribution in [0.5, 0.6) is 11.5 Å². The van der Waals surface area contributed by atoms with Crippen LogP contribution in [0.1, 0.15) is 28.3 Å². The van der Waals surface area contributed by atoms with Gasteiger partial charge in [0.1, 0.15) is 5.76 Å². The Bertz CT molecular complexity index is 1520. The Morgan fingerprint density at radius 3 is 2.43 bits per heavy atom. The maximum absolute atomic E-state index is 13.4. The molecule has 2 N–H and O–H groups in total. The van der Waals surface area contributed by atoms with Crippen molar-refractivity contribution in [2.45, 2.75) is 19.4 Å². The van der Waals surface area contributed by atoms with Crippen molar-refractivity contribution in [3.05, 3.63) is 101 Å². The number of nitrogens with one attached hydrogen (secondary N) is 1. The smallest absolute Gasteiger partial charge is 0.295 e. The van der Waals surface area contributed by atoms with Gasteiger partial charge in [-0.3, -0.25) is 9.59 Å². The summed E-state index contributed by atoms with van der Waals surface area (Å²) < 4.78 is 10.9. The van der Waals surface area contributed by atoms with Crippen LogP contribution in [0.25, 0.3) is 16.7 Å². The molecule has 1 aliphatic rings. The number of aromatic nitrogens is 1. The van der Waals surface area contributed by atoms with Gasteiger partial charge in [-0.25, -0.2) is 0 Å². The van der Waals surface area contributed by atoms with Crippen molar-refractivity contribution >= 4 is 28.4 Å². The number of ether oxygens (including phenoxy) is 2. The van der Waals surface area contributed by atoms with E-state index in [-0.39, 0.29) is 17.9 Å². The number of aliphatic hydroxyl groups is 1. The normalized spacial score (nSPS) is 16.9. The molecule has 3 aromatic carbocycles. The topological polar surface area (TPSA) is 91.9 Å². The number of aromatic amines is 1. The summed E-state index contributed by atoms with van der Waals surface area (Å²) in [5, 5.41) is 12.4. The predicted octanol–water partition coefficient (Wildman–Crippen LogP) is 5.16. The monoisotopic (exact) mass is 496 g/mol. The molecule has 2 heterocycles. The van der Waals surface area contributed by atoms with E-state index in [0.29, 0.717) is 29.0 Å². The van der Waals surface area contributed by atoms with Gasteiger partial charge in [-0.05, 0) is 42.7 Å². The molecule has 1 aliphatic heterocycles. The van der Waals surface area contributed by atoms with Crippen molar-refractivity contribution in [3.63, 3.8) is 0 Å². The van der Waals surface area contributed by atoms with E-state index in [1.54, 1.807) is 37.4 Å². The highest BCUT2D eigenvalue weighted by molar-refractivity contribution is 6.46. The second-order valence-corrected chi connectivity index (χ2v) is 9.08. The Morgan fingerprint density at radius 2 is 1.70 bits per heavy atom. The zero-order chi connectivity index (χ0) is 26.1. The van der Waals surface area contributed by atoms with Gasteiger partial charge in [0.15, 0.2) is 11.5 Å².